The molecule has 1 saturated heterocycles. The standard InChI is InChI=1S/C20H25N3O4S/c1-3-13-7-4-5-9-22(13)15(24)11-27-20(26)17-12(2)16-18(28-17)21-14-8-6-10-23(14)19(16)25/h13H,3-11H2,1-2H3/t13-/m1/s1. The number of carbonyl (C=O) groups is 2. The van der Waals surface area contributed by atoms with Crippen molar-refractivity contribution in [3.8, 4) is 0 Å². The number of esters is 1. The smallest absolute Gasteiger partial charge is 0.349 e. The van der Waals surface area contributed by atoms with E-state index < -0.39 is 5.97 Å². The van der Waals surface area contributed by atoms with E-state index in [9.17, 15) is 14.4 Å². The van der Waals surface area contributed by atoms with Gasteiger partial charge in [-0.2, -0.15) is 0 Å². The molecular formula is C20H25N3O4S. The van der Waals surface area contributed by atoms with Gasteiger partial charge in [-0.25, -0.2) is 9.78 Å². The molecule has 28 heavy (non-hydrogen) atoms. The molecule has 2 aliphatic rings. The normalized spacial score (nSPS) is 19.1. The summed E-state index contributed by atoms with van der Waals surface area (Å²) in [7, 11) is 0. The molecule has 7 nitrogen and oxygen atoms in total. The van der Waals surface area contributed by atoms with Crippen molar-refractivity contribution in [2.75, 3.05) is 13.2 Å². The minimum Gasteiger partial charge on any atom is -0.451 e. The van der Waals surface area contributed by atoms with E-state index in [-0.39, 0.29) is 24.1 Å². The van der Waals surface area contributed by atoms with E-state index in [0.717, 1.165) is 50.9 Å². The maximum atomic E-state index is 12.7. The summed E-state index contributed by atoms with van der Waals surface area (Å²) in [5, 5.41) is 0.496. The molecule has 2 aromatic rings. The van der Waals surface area contributed by atoms with Crippen LogP contribution in [0, 0.1) is 6.92 Å². The van der Waals surface area contributed by atoms with Crippen molar-refractivity contribution in [1.82, 2.24) is 14.5 Å². The van der Waals surface area contributed by atoms with Crippen LogP contribution in [0.25, 0.3) is 10.2 Å². The maximum absolute atomic E-state index is 12.7. The lowest BCUT2D eigenvalue weighted by Crippen LogP contribution is -2.45. The van der Waals surface area contributed by atoms with E-state index in [2.05, 4.69) is 11.9 Å². The lowest BCUT2D eigenvalue weighted by atomic mass is 10.00. The van der Waals surface area contributed by atoms with Gasteiger partial charge in [-0.15, -0.1) is 11.3 Å². The minimum absolute atomic E-state index is 0.0829. The van der Waals surface area contributed by atoms with E-state index in [0.29, 0.717) is 27.2 Å². The second-order valence-corrected chi connectivity index (χ2v) is 8.54. The van der Waals surface area contributed by atoms with E-state index in [1.165, 1.54) is 11.3 Å². The van der Waals surface area contributed by atoms with Crippen molar-refractivity contribution in [3.05, 3.63) is 26.6 Å². The van der Waals surface area contributed by atoms with Gasteiger partial charge in [-0.05, 0) is 44.6 Å². The molecule has 2 aliphatic heterocycles. The second kappa shape index (κ2) is 7.66. The number of carbonyl (C=O) groups excluding carboxylic acids is 2. The van der Waals surface area contributed by atoms with Gasteiger partial charge in [0.05, 0.1) is 5.39 Å². The number of likely N-dealkylation sites (tertiary alicyclic amines) is 1. The zero-order valence-corrected chi connectivity index (χ0v) is 17.1. The number of amides is 1. The quantitative estimate of drug-likeness (QED) is 0.733. The molecule has 4 rings (SSSR count). The van der Waals surface area contributed by atoms with Gasteiger partial charge < -0.3 is 9.64 Å². The fraction of sp³-hybridized carbons (Fsp3) is 0.600. The molecule has 2 aromatic heterocycles. The highest BCUT2D eigenvalue weighted by molar-refractivity contribution is 7.20. The molecule has 4 heterocycles. The van der Waals surface area contributed by atoms with Gasteiger partial charge in [0.1, 0.15) is 15.5 Å². The molecule has 1 amide bonds. The molecule has 0 N–H and O–H groups in total. The number of hydrogen-bond donors (Lipinski definition) is 0. The first-order valence-electron chi connectivity index (χ1n) is 10.0. The SMILES string of the molecule is CC[C@@H]1CCCCN1C(=O)COC(=O)c1sc2nc3n(c(=O)c2c1C)CCC3. The summed E-state index contributed by atoms with van der Waals surface area (Å²) < 4.78 is 7.03. The molecule has 1 fully saturated rings. The van der Waals surface area contributed by atoms with Crippen LogP contribution in [0.5, 0.6) is 0 Å². The Hall–Kier alpha value is -2.22. The Bertz CT molecular complexity index is 993. The molecule has 1 atom stereocenters. The monoisotopic (exact) mass is 403 g/mol. The fourth-order valence-corrected chi connectivity index (χ4v) is 5.38. The average Bonchev–Trinajstić information content (AvgIpc) is 3.31. The number of rotatable bonds is 4. The number of ether oxygens (including phenoxy) is 1. The van der Waals surface area contributed by atoms with Crippen LogP contribution in [-0.2, 0) is 22.5 Å². The summed E-state index contributed by atoms with van der Waals surface area (Å²) in [6, 6.07) is 0.234. The van der Waals surface area contributed by atoms with Crippen LogP contribution < -0.4 is 5.56 Å². The first-order valence-corrected chi connectivity index (χ1v) is 10.8. The van der Waals surface area contributed by atoms with Crippen LogP contribution in [0.2, 0.25) is 0 Å². The number of thiophene rings is 1. The summed E-state index contributed by atoms with van der Waals surface area (Å²) in [5.41, 5.74) is 0.516. The van der Waals surface area contributed by atoms with Gasteiger partial charge in [0, 0.05) is 25.6 Å². The third-order valence-corrected chi connectivity index (χ3v) is 7.01. The Balaban J connectivity index is 1.52. The summed E-state index contributed by atoms with van der Waals surface area (Å²) in [4.78, 5) is 45.2. The van der Waals surface area contributed by atoms with Gasteiger partial charge in [0.2, 0.25) is 0 Å². The summed E-state index contributed by atoms with van der Waals surface area (Å²) in [5.74, 6) is 0.0869. The van der Waals surface area contributed by atoms with Crippen molar-refractivity contribution < 1.29 is 14.3 Å². The lowest BCUT2D eigenvalue weighted by Gasteiger charge is -2.35. The van der Waals surface area contributed by atoms with Gasteiger partial charge >= 0.3 is 5.97 Å². The van der Waals surface area contributed by atoms with Crippen LogP contribution in [0.1, 0.15) is 60.1 Å². The van der Waals surface area contributed by atoms with Crippen LogP contribution in [-0.4, -0.2) is 45.5 Å². The van der Waals surface area contributed by atoms with Gasteiger partial charge in [-0.3, -0.25) is 14.2 Å². The molecular weight excluding hydrogens is 378 g/mol. The Labute approximate surface area is 167 Å². The Morgan fingerprint density at radius 3 is 2.86 bits per heavy atom. The Morgan fingerprint density at radius 1 is 1.25 bits per heavy atom. The highest BCUT2D eigenvalue weighted by atomic mass is 32.1. The van der Waals surface area contributed by atoms with Crippen LogP contribution in [0.3, 0.4) is 0 Å². The summed E-state index contributed by atoms with van der Waals surface area (Å²) >= 11 is 1.18. The largest absolute Gasteiger partial charge is 0.451 e. The summed E-state index contributed by atoms with van der Waals surface area (Å²) in [6.07, 6.45) is 5.75. The number of fused-ring (bicyclic) bond motifs is 2. The van der Waals surface area contributed by atoms with Gasteiger partial charge in [-0.1, -0.05) is 6.92 Å². The van der Waals surface area contributed by atoms with Crippen LogP contribution >= 0.6 is 11.3 Å². The molecule has 0 radical (unpaired) electrons. The Morgan fingerprint density at radius 2 is 2.07 bits per heavy atom. The molecule has 0 saturated carbocycles. The average molecular weight is 404 g/mol. The molecule has 0 spiro atoms. The van der Waals surface area contributed by atoms with Crippen molar-refractivity contribution in [1.29, 1.82) is 0 Å². The molecule has 150 valence electrons. The number of nitrogens with zero attached hydrogens (tertiary/aromatic N) is 3. The number of hydrogen-bond acceptors (Lipinski definition) is 6. The lowest BCUT2D eigenvalue weighted by molar-refractivity contribution is -0.138. The summed E-state index contributed by atoms with van der Waals surface area (Å²) in [6.45, 7) is 4.97. The van der Waals surface area contributed by atoms with E-state index >= 15 is 0 Å². The third kappa shape index (κ3) is 3.23. The molecule has 0 aromatic carbocycles. The third-order valence-electron chi connectivity index (χ3n) is 5.84. The predicted molar refractivity (Wildman–Crippen MR) is 107 cm³/mol. The van der Waals surface area contributed by atoms with E-state index in [1.54, 1.807) is 11.5 Å². The van der Waals surface area contributed by atoms with Crippen molar-refractivity contribution >= 4 is 33.4 Å². The zero-order chi connectivity index (χ0) is 19.8. The predicted octanol–water partition coefficient (Wildman–Crippen LogP) is 2.66. The molecule has 0 bridgehead atoms. The van der Waals surface area contributed by atoms with Crippen LogP contribution in [0.15, 0.2) is 4.79 Å². The van der Waals surface area contributed by atoms with E-state index in [4.69, 9.17) is 4.74 Å². The number of aromatic nitrogens is 2. The van der Waals surface area contributed by atoms with E-state index in [1.807, 2.05) is 4.90 Å². The number of aryl methyl sites for hydroxylation is 2. The van der Waals surface area contributed by atoms with Crippen molar-refractivity contribution in [3.63, 3.8) is 0 Å². The van der Waals surface area contributed by atoms with Gasteiger partial charge in [0.15, 0.2) is 6.61 Å². The Kier molecular flexibility index (Phi) is 5.23. The highest BCUT2D eigenvalue weighted by Crippen LogP contribution is 2.29. The fourth-order valence-electron chi connectivity index (χ4n) is 4.30. The van der Waals surface area contributed by atoms with Gasteiger partial charge in [0.25, 0.3) is 11.5 Å². The van der Waals surface area contributed by atoms with Crippen molar-refractivity contribution in [2.24, 2.45) is 0 Å². The minimum atomic E-state index is -0.552. The maximum Gasteiger partial charge on any atom is 0.349 e. The van der Waals surface area contributed by atoms with Crippen LogP contribution in [0.4, 0.5) is 0 Å². The zero-order valence-electron chi connectivity index (χ0n) is 16.3. The second-order valence-electron chi connectivity index (χ2n) is 7.55. The highest BCUT2D eigenvalue weighted by Gasteiger charge is 2.28. The molecule has 8 heteroatoms. The number of piperidine rings is 1. The topological polar surface area (TPSA) is 81.5 Å². The van der Waals surface area contributed by atoms with Crippen molar-refractivity contribution in [2.45, 2.75) is 65.0 Å². The first kappa shape index (κ1) is 19.1. The molecule has 0 aliphatic carbocycles. The first-order chi connectivity index (χ1) is 13.5. The molecule has 0 unspecified atom stereocenters.